The fraction of sp³-hybridized carbons (Fsp3) is 0.333. The lowest BCUT2D eigenvalue weighted by Gasteiger charge is -2.35. The van der Waals surface area contributed by atoms with Crippen LogP contribution in [0.2, 0.25) is 0 Å². The minimum Gasteiger partial charge on any atom is -0.481 e. The van der Waals surface area contributed by atoms with Gasteiger partial charge in [0.15, 0.2) is 0 Å². The summed E-state index contributed by atoms with van der Waals surface area (Å²) in [5.74, 6) is 2.67. The summed E-state index contributed by atoms with van der Waals surface area (Å²) < 4.78 is 19.9. The number of ether oxygens (including phenoxy) is 1. The Balaban J connectivity index is 1.60. The van der Waals surface area contributed by atoms with Crippen molar-refractivity contribution >= 4 is 11.7 Å². The Kier molecular flexibility index (Phi) is 7.35. The molecule has 7 heteroatoms. The van der Waals surface area contributed by atoms with E-state index < -0.39 is 5.82 Å². The van der Waals surface area contributed by atoms with Gasteiger partial charge in [-0.25, -0.2) is 9.18 Å². The molecule has 1 aliphatic heterocycles. The molecule has 0 saturated carbocycles. The van der Waals surface area contributed by atoms with Gasteiger partial charge in [0.1, 0.15) is 18.2 Å². The Morgan fingerprint density at radius 2 is 2.19 bits per heavy atom. The summed E-state index contributed by atoms with van der Waals surface area (Å²) >= 11 is 0. The first kappa shape index (κ1) is 22.0. The molecule has 3 rings (SSSR count). The monoisotopic (exact) mass is 420 g/mol. The molecule has 0 spiro atoms. The van der Waals surface area contributed by atoms with Gasteiger partial charge in [-0.05, 0) is 37.1 Å². The lowest BCUT2D eigenvalue weighted by Crippen LogP contribution is -2.51. The summed E-state index contributed by atoms with van der Waals surface area (Å²) in [7, 11) is 1.72. The molecule has 1 atom stereocenters. The molecule has 160 valence electrons. The van der Waals surface area contributed by atoms with Gasteiger partial charge < -0.3 is 19.9 Å². The molecule has 31 heavy (non-hydrogen) atoms. The summed E-state index contributed by atoms with van der Waals surface area (Å²) in [6.45, 7) is 1.74. The second-order valence-electron chi connectivity index (χ2n) is 7.47. The number of hydrogen-bond donors (Lipinski definition) is 1. The van der Waals surface area contributed by atoms with Gasteiger partial charge in [0.25, 0.3) is 0 Å². The Labute approximate surface area is 182 Å². The number of para-hydroxylation sites is 1. The Morgan fingerprint density at radius 1 is 1.39 bits per heavy atom. The zero-order chi connectivity index (χ0) is 22.2. The number of nitrogens with zero attached hydrogens (tertiary/aromatic N) is 3. The number of carbonyl (C=O) groups excluding carboxylic acids is 1. The molecule has 6 nitrogen and oxygen atoms in total. The zero-order valence-corrected chi connectivity index (χ0v) is 17.5. The van der Waals surface area contributed by atoms with Crippen molar-refractivity contribution in [2.24, 2.45) is 0 Å². The van der Waals surface area contributed by atoms with E-state index >= 15 is 0 Å². The molecule has 2 aromatic rings. The molecule has 0 aromatic heterocycles. The van der Waals surface area contributed by atoms with Gasteiger partial charge in [0, 0.05) is 31.7 Å². The van der Waals surface area contributed by atoms with Crippen molar-refractivity contribution in [3.63, 3.8) is 0 Å². The number of carbonyl (C=O) groups is 1. The smallest absolute Gasteiger partial charge is 0.317 e. The maximum atomic E-state index is 14.4. The number of piperidine rings is 1. The summed E-state index contributed by atoms with van der Waals surface area (Å²) in [4.78, 5) is 16.2. The molecule has 1 saturated heterocycles. The van der Waals surface area contributed by atoms with Crippen LogP contribution in [0.25, 0.3) is 0 Å². The number of anilines is 1. The van der Waals surface area contributed by atoms with E-state index in [0.29, 0.717) is 31.1 Å². The number of urea groups is 1. The first-order valence-electron chi connectivity index (χ1n) is 10.1. The molecule has 1 fully saturated rings. The number of nitrogens with one attached hydrogen (secondary N) is 1. The average molecular weight is 420 g/mol. The highest BCUT2D eigenvalue weighted by Gasteiger charge is 2.24. The van der Waals surface area contributed by atoms with Crippen molar-refractivity contribution in [2.75, 3.05) is 31.6 Å². The third-order valence-electron chi connectivity index (χ3n) is 5.20. The van der Waals surface area contributed by atoms with Crippen LogP contribution in [0.15, 0.2) is 42.5 Å². The minimum atomic E-state index is -0.424. The lowest BCUT2D eigenvalue weighted by molar-refractivity contribution is 0.200. The second-order valence-corrected chi connectivity index (χ2v) is 7.47. The van der Waals surface area contributed by atoms with E-state index in [4.69, 9.17) is 16.4 Å². The molecule has 0 bridgehead atoms. The number of rotatable bonds is 6. The van der Waals surface area contributed by atoms with Crippen LogP contribution in [0.3, 0.4) is 0 Å². The molecule has 1 heterocycles. The number of terminal acetylenes is 1. The van der Waals surface area contributed by atoms with E-state index in [2.05, 4.69) is 11.2 Å². The van der Waals surface area contributed by atoms with Gasteiger partial charge in [0.2, 0.25) is 0 Å². The summed E-state index contributed by atoms with van der Waals surface area (Å²) in [6, 6.07) is 13.6. The van der Waals surface area contributed by atoms with Crippen molar-refractivity contribution in [2.45, 2.75) is 25.4 Å². The summed E-state index contributed by atoms with van der Waals surface area (Å²) in [6.07, 6.45) is 6.91. The fourth-order valence-corrected chi connectivity index (χ4v) is 3.65. The Hall–Kier alpha value is -3.71. The van der Waals surface area contributed by atoms with Crippen molar-refractivity contribution < 1.29 is 13.9 Å². The number of amides is 2. The third kappa shape index (κ3) is 5.67. The highest BCUT2D eigenvalue weighted by Crippen LogP contribution is 2.24. The molecule has 1 N–H and O–H groups in total. The van der Waals surface area contributed by atoms with Crippen LogP contribution in [-0.4, -0.2) is 43.7 Å². The number of benzene rings is 2. The van der Waals surface area contributed by atoms with E-state index in [1.165, 1.54) is 6.07 Å². The highest BCUT2D eigenvalue weighted by molar-refractivity contribution is 5.74. The van der Waals surface area contributed by atoms with Gasteiger partial charge >= 0.3 is 6.03 Å². The molecule has 2 amide bonds. The van der Waals surface area contributed by atoms with Crippen molar-refractivity contribution in [1.82, 2.24) is 10.2 Å². The van der Waals surface area contributed by atoms with Crippen LogP contribution in [0.5, 0.6) is 5.75 Å². The molecule has 1 unspecified atom stereocenters. The van der Waals surface area contributed by atoms with Gasteiger partial charge in [-0.1, -0.05) is 24.1 Å². The standard InChI is InChI=1S/C24H25FN4O2/c1-3-13-31-23-9-5-4-7-19(23)16-28(2)24(30)27-20-8-6-12-29(17-20)22-11-10-18(15-26)14-21(22)25/h1,4-5,7,9-11,14,20H,6,8,12-13,16-17H2,2H3,(H,27,30). The normalized spacial score (nSPS) is 15.5. The Morgan fingerprint density at radius 3 is 2.94 bits per heavy atom. The van der Waals surface area contributed by atoms with E-state index in [-0.39, 0.29) is 24.2 Å². The van der Waals surface area contributed by atoms with E-state index in [1.807, 2.05) is 35.2 Å². The van der Waals surface area contributed by atoms with Crippen LogP contribution < -0.4 is 15.0 Å². The number of hydrogen-bond acceptors (Lipinski definition) is 4. The number of halogens is 1. The molecule has 0 radical (unpaired) electrons. The zero-order valence-electron chi connectivity index (χ0n) is 17.5. The second kappa shape index (κ2) is 10.4. The third-order valence-corrected chi connectivity index (χ3v) is 5.20. The first-order chi connectivity index (χ1) is 15.0. The predicted octanol–water partition coefficient (Wildman–Crippen LogP) is 3.52. The van der Waals surface area contributed by atoms with E-state index in [1.54, 1.807) is 24.1 Å². The maximum Gasteiger partial charge on any atom is 0.317 e. The van der Waals surface area contributed by atoms with Crippen LogP contribution in [0.4, 0.5) is 14.9 Å². The molecule has 0 aliphatic carbocycles. The van der Waals surface area contributed by atoms with Gasteiger partial charge in [0.05, 0.1) is 23.9 Å². The fourth-order valence-electron chi connectivity index (χ4n) is 3.65. The maximum absolute atomic E-state index is 14.4. The summed E-state index contributed by atoms with van der Waals surface area (Å²) in [5.41, 5.74) is 1.60. The first-order valence-corrected chi connectivity index (χ1v) is 10.1. The average Bonchev–Trinajstić information content (AvgIpc) is 2.78. The van der Waals surface area contributed by atoms with Crippen LogP contribution in [0, 0.1) is 29.5 Å². The van der Waals surface area contributed by atoms with Crippen LogP contribution in [-0.2, 0) is 6.54 Å². The van der Waals surface area contributed by atoms with Crippen molar-refractivity contribution in [3.8, 4) is 24.2 Å². The Bertz CT molecular complexity index is 1010. The van der Waals surface area contributed by atoms with Crippen LogP contribution >= 0.6 is 0 Å². The van der Waals surface area contributed by atoms with E-state index in [0.717, 1.165) is 18.4 Å². The molecular weight excluding hydrogens is 395 g/mol. The highest BCUT2D eigenvalue weighted by atomic mass is 19.1. The van der Waals surface area contributed by atoms with Crippen molar-refractivity contribution in [1.29, 1.82) is 5.26 Å². The predicted molar refractivity (Wildman–Crippen MR) is 117 cm³/mol. The van der Waals surface area contributed by atoms with Gasteiger partial charge in [-0.2, -0.15) is 5.26 Å². The quantitative estimate of drug-likeness (QED) is 0.726. The SMILES string of the molecule is C#CCOc1ccccc1CN(C)C(=O)NC1CCCN(c2ccc(C#N)cc2F)C1. The number of nitriles is 1. The summed E-state index contributed by atoms with van der Waals surface area (Å²) in [5, 5.41) is 12.0. The molecular formula is C24H25FN4O2. The largest absolute Gasteiger partial charge is 0.481 e. The molecule has 1 aliphatic rings. The molecule has 2 aromatic carbocycles. The lowest BCUT2D eigenvalue weighted by atomic mass is 10.0. The minimum absolute atomic E-state index is 0.105. The topological polar surface area (TPSA) is 68.6 Å². The van der Waals surface area contributed by atoms with Gasteiger partial charge in [-0.3, -0.25) is 0 Å². The van der Waals surface area contributed by atoms with Crippen molar-refractivity contribution in [3.05, 3.63) is 59.4 Å². The van der Waals surface area contributed by atoms with E-state index in [9.17, 15) is 9.18 Å². The van der Waals surface area contributed by atoms with Gasteiger partial charge in [-0.15, -0.1) is 6.42 Å². The van der Waals surface area contributed by atoms with Crippen LogP contribution in [0.1, 0.15) is 24.0 Å².